The number of nitrogens with one attached hydrogen (secondary N) is 1. The topological polar surface area (TPSA) is 64.3 Å². The molecule has 0 bridgehead atoms. The summed E-state index contributed by atoms with van der Waals surface area (Å²) in [5.74, 6) is -0.439. The maximum Gasteiger partial charge on any atom is 0.243 e. The monoisotopic (exact) mass is 146 g/mol. The summed E-state index contributed by atoms with van der Waals surface area (Å²) < 4.78 is 4.82. The van der Waals surface area contributed by atoms with Crippen molar-refractivity contribution in [2.45, 2.75) is 19.9 Å². The lowest BCUT2D eigenvalue weighted by Crippen LogP contribution is -2.28. The van der Waals surface area contributed by atoms with Crippen LogP contribution in [0, 0.1) is 0 Å². The number of hydrogen-bond acceptors (Lipinski definition) is 3. The number of amides is 1. The predicted octanol–water partition coefficient (Wildman–Crippen LogP) is -0.556. The third-order valence-electron chi connectivity index (χ3n) is 0.838. The summed E-state index contributed by atoms with van der Waals surface area (Å²) in [5.41, 5.74) is 4.82. The van der Waals surface area contributed by atoms with Crippen molar-refractivity contribution >= 4 is 5.91 Å². The Hall–Kier alpha value is -0.610. The van der Waals surface area contributed by atoms with Gasteiger partial charge in [-0.1, -0.05) is 0 Å². The van der Waals surface area contributed by atoms with Gasteiger partial charge in [-0.3, -0.25) is 10.1 Å². The Morgan fingerprint density at radius 3 is 2.70 bits per heavy atom. The largest absolute Gasteiger partial charge is 0.368 e. The Labute approximate surface area is 60.7 Å². The second kappa shape index (κ2) is 5.20. The minimum Gasteiger partial charge on any atom is -0.368 e. The van der Waals surface area contributed by atoms with Gasteiger partial charge in [0.05, 0.1) is 6.73 Å². The number of primary amides is 1. The summed E-state index contributed by atoms with van der Waals surface area (Å²) in [6.45, 7) is 4.35. The van der Waals surface area contributed by atoms with Crippen LogP contribution < -0.4 is 11.1 Å². The van der Waals surface area contributed by atoms with Crippen LogP contribution in [-0.2, 0) is 9.53 Å². The number of hydrogen-bond donors (Lipinski definition) is 2. The molecule has 0 heterocycles. The Kier molecular flexibility index (Phi) is 4.88. The van der Waals surface area contributed by atoms with E-state index in [2.05, 4.69) is 5.32 Å². The molecular formula is C6H14N2O2. The van der Waals surface area contributed by atoms with Gasteiger partial charge in [0.15, 0.2) is 0 Å². The minimum absolute atomic E-state index is 0.0142. The normalized spacial score (nSPS) is 10.3. The molecule has 0 rings (SSSR count). The third-order valence-corrected chi connectivity index (χ3v) is 0.838. The fourth-order valence-corrected chi connectivity index (χ4v) is 0.377. The molecular weight excluding hydrogens is 132 g/mol. The number of carbonyl (C=O) groups excluding carboxylic acids is 1. The average molecular weight is 146 g/mol. The highest BCUT2D eigenvalue weighted by Gasteiger charge is 1.93. The molecule has 0 aliphatic carbocycles. The Bertz CT molecular complexity index is 104. The summed E-state index contributed by atoms with van der Waals surface area (Å²) in [6.07, 6.45) is 0. The SMILES string of the molecule is CC(C)NCOCC(N)=O. The fraction of sp³-hybridized carbons (Fsp3) is 0.833. The molecule has 60 valence electrons. The van der Waals surface area contributed by atoms with Crippen LogP contribution in [0.3, 0.4) is 0 Å². The molecule has 0 aromatic rings. The molecule has 0 spiro atoms. The van der Waals surface area contributed by atoms with E-state index in [1.165, 1.54) is 0 Å². The number of nitrogens with two attached hydrogens (primary N) is 1. The molecule has 0 aliphatic rings. The number of ether oxygens (including phenoxy) is 1. The van der Waals surface area contributed by atoms with Crippen LogP contribution in [0.2, 0.25) is 0 Å². The van der Waals surface area contributed by atoms with Crippen LogP contribution in [0.5, 0.6) is 0 Å². The van der Waals surface area contributed by atoms with E-state index in [1.807, 2.05) is 13.8 Å². The molecule has 0 radical (unpaired) electrons. The summed E-state index contributed by atoms with van der Waals surface area (Å²) in [4.78, 5) is 10.1. The van der Waals surface area contributed by atoms with Crippen molar-refractivity contribution in [2.75, 3.05) is 13.3 Å². The van der Waals surface area contributed by atoms with Gasteiger partial charge in [-0.05, 0) is 13.8 Å². The third kappa shape index (κ3) is 7.39. The van der Waals surface area contributed by atoms with Gasteiger partial charge in [0.25, 0.3) is 0 Å². The first-order valence-corrected chi connectivity index (χ1v) is 3.22. The molecule has 0 saturated heterocycles. The van der Waals surface area contributed by atoms with Crippen LogP contribution in [0.4, 0.5) is 0 Å². The van der Waals surface area contributed by atoms with E-state index < -0.39 is 5.91 Å². The van der Waals surface area contributed by atoms with Crippen molar-refractivity contribution in [1.82, 2.24) is 5.32 Å². The van der Waals surface area contributed by atoms with Crippen molar-refractivity contribution in [3.63, 3.8) is 0 Å². The molecule has 0 atom stereocenters. The van der Waals surface area contributed by atoms with Gasteiger partial charge >= 0.3 is 0 Å². The molecule has 10 heavy (non-hydrogen) atoms. The summed E-state index contributed by atoms with van der Waals surface area (Å²) in [5, 5.41) is 2.97. The second-order valence-electron chi connectivity index (χ2n) is 2.32. The van der Waals surface area contributed by atoms with Crippen LogP contribution in [-0.4, -0.2) is 25.3 Å². The Morgan fingerprint density at radius 2 is 2.30 bits per heavy atom. The standard InChI is InChI=1S/C6H14N2O2/c1-5(2)8-4-10-3-6(7)9/h5,8H,3-4H2,1-2H3,(H2,7,9). The van der Waals surface area contributed by atoms with E-state index >= 15 is 0 Å². The highest BCUT2D eigenvalue weighted by Crippen LogP contribution is 1.75. The maximum absolute atomic E-state index is 10.1. The molecule has 4 nitrogen and oxygen atoms in total. The van der Waals surface area contributed by atoms with E-state index in [-0.39, 0.29) is 6.61 Å². The lowest BCUT2D eigenvalue weighted by molar-refractivity contribution is -0.122. The van der Waals surface area contributed by atoms with Gasteiger partial charge in [0, 0.05) is 6.04 Å². The van der Waals surface area contributed by atoms with Crippen molar-refractivity contribution in [3.8, 4) is 0 Å². The van der Waals surface area contributed by atoms with Gasteiger partial charge < -0.3 is 10.5 Å². The average Bonchev–Trinajstić information content (AvgIpc) is 1.79. The molecule has 0 unspecified atom stereocenters. The lowest BCUT2D eigenvalue weighted by atomic mass is 10.4. The van der Waals surface area contributed by atoms with Crippen molar-refractivity contribution in [2.24, 2.45) is 5.73 Å². The molecule has 0 saturated carbocycles. The molecule has 0 aliphatic heterocycles. The highest BCUT2D eigenvalue weighted by atomic mass is 16.5. The van der Waals surface area contributed by atoms with Crippen molar-refractivity contribution in [1.29, 1.82) is 0 Å². The first kappa shape index (κ1) is 9.39. The Morgan fingerprint density at radius 1 is 1.70 bits per heavy atom. The second-order valence-corrected chi connectivity index (χ2v) is 2.32. The summed E-state index contributed by atoms with van der Waals surface area (Å²) >= 11 is 0. The van der Waals surface area contributed by atoms with Crippen LogP contribution in [0.25, 0.3) is 0 Å². The highest BCUT2D eigenvalue weighted by molar-refractivity contribution is 5.74. The van der Waals surface area contributed by atoms with Gasteiger partial charge in [0.1, 0.15) is 6.61 Å². The summed E-state index contributed by atoms with van der Waals surface area (Å²) in [6, 6.07) is 0.368. The zero-order valence-electron chi connectivity index (χ0n) is 6.39. The molecule has 1 amide bonds. The van der Waals surface area contributed by atoms with Crippen LogP contribution in [0.15, 0.2) is 0 Å². The molecule has 3 N–H and O–H groups in total. The maximum atomic E-state index is 10.1. The molecule has 0 fully saturated rings. The first-order valence-electron chi connectivity index (χ1n) is 3.22. The smallest absolute Gasteiger partial charge is 0.243 e. The zero-order chi connectivity index (χ0) is 7.98. The van der Waals surface area contributed by atoms with Crippen molar-refractivity contribution < 1.29 is 9.53 Å². The van der Waals surface area contributed by atoms with E-state index in [9.17, 15) is 4.79 Å². The molecule has 0 aromatic heterocycles. The van der Waals surface area contributed by atoms with E-state index in [1.54, 1.807) is 0 Å². The van der Waals surface area contributed by atoms with Gasteiger partial charge in [0.2, 0.25) is 5.91 Å². The lowest BCUT2D eigenvalue weighted by Gasteiger charge is -2.06. The van der Waals surface area contributed by atoms with Crippen LogP contribution in [0.1, 0.15) is 13.8 Å². The summed E-state index contributed by atoms with van der Waals surface area (Å²) in [7, 11) is 0. The van der Waals surface area contributed by atoms with Gasteiger partial charge in [-0.25, -0.2) is 0 Å². The molecule has 4 heteroatoms. The minimum atomic E-state index is -0.439. The van der Waals surface area contributed by atoms with Gasteiger partial charge in [-0.2, -0.15) is 0 Å². The quantitative estimate of drug-likeness (QED) is 0.404. The van der Waals surface area contributed by atoms with E-state index in [4.69, 9.17) is 10.5 Å². The number of rotatable bonds is 5. The predicted molar refractivity (Wildman–Crippen MR) is 38.3 cm³/mol. The van der Waals surface area contributed by atoms with E-state index in [0.717, 1.165) is 0 Å². The first-order chi connectivity index (χ1) is 4.63. The van der Waals surface area contributed by atoms with Crippen molar-refractivity contribution in [3.05, 3.63) is 0 Å². The zero-order valence-corrected chi connectivity index (χ0v) is 6.39. The Balaban J connectivity index is 2.98. The van der Waals surface area contributed by atoms with Gasteiger partial charge in [-0.15, -0.1) is 0 Å². The van der Waals surface area contributed by atoms with Crippen LogP contribution >= 0.6 is 0 Å². The molecule has 0 aromatic carbocycles. The number of carbonyl (C=O) groups is 1. The van der Waals surface area contributed by atoms with E-state index in [0.29, 0.717) is 12.8 Å². The fourth-order valence-electron chi connectivity index (χ4n) is 0.377.